The van der Waals surface area contributed by atoms with E-state index in [1.54, 1.807) is 14.0 Å². The average molecular weight is 519 g/mol. The second-order valence-corrected chi connectivity index (χ2v) is 10.5. The van der Waals surface area contributed by atoms with Gasteiger partial charge in [0, 0.05) is 33.2 Å². The molecule has 1 N–H and O–H groups in total. The van der Waals surface area contributed by atoms with Gasteiger partial charge in [-0.05, 0) is 38.6 Å². The van der Waals surface area contributed by atoms with Gasteiger partial charge in [0.25, 0.3) is 5.56 Å². The molecule has 0 radical (unpaired) electrons. The Bertz CT molecular complexity index is 1440. The van der Waals surface area contributed by atoms with E-state index in [1.807, 2.05) is 14.0 Å². The Kier molecular flexibility index (Phi) is 7.43. The molecule has 0 spiro atoms. The second-order valence-electron chi connectivity index (χ2n) is 8.58. The van der Waals surface area contributed by atoms with E-state index in [4.69, 9.17) is 9.47 Å². The highest BCUT2D eigenvalue weighted by atomic mass is 32.2. The number of carbonyl (C=O) groups excluding carboxylic acids is 1. The Labute approximate surface area is 208 Å². The fourth-order valence-corrected chi connectivity index (χ4v) is 5.59. The Morgan fingerprint density at radius 1 is 1.14 bits per heavy atom. The van der Waals surface area contributed by atoms with Crippen LogP contribution >= 0.6 is 0 Å². The minimum atomic E-state index is -3.84. The van der Waals surface area contributed by atoms with E-state index in [2.05, 4.69) is 20.0 Å². The number of likely N-dealkylation sites (N-methyl/N-ethyl adjacent to an activating group) is 1. The number of aryl methyl sites for hydroxylation is 2. The number of ether oxygens (including phenoxy) is 2. The smallest absolute Gasteiger partial charge is 0.434 e. The molecule has 0 amide bonds. The van der Waals surface area contributed by atoms with Gasteiger partial charge < -0.3 is 19.4 Å². The van der Waals surface area contributed by atoms with Crippen LogP contribution in [-0.4, -0.2) is 83.4 Å². The van der Waals surface area contributed by atoms with Gasteiger partial charge in [0.15, 0.2) is 5.52 Å². The minimum absolute atomic E-state index is 0.000904. The van der Waals surface area contributed by atoms with Crippen molar-refractivity contribution in [2.45, 2.75) is 31.6 Å². The number of nitrogens with one attached hydrogen (secondary N) is 1. The van der Waals surface area contributed by atoms with Crippen molar-refractivity contribution < 1.29 is 22.7 Å². The molecule has 0 aliphatic carbocycles. The number of nitrogens with zero attached hydrogens (tertiary/aromatic N) is 5. The lowest BCUT2D eigenvalue weighted by Gasteiger charge is -2.31. The van der Waals surface area contributed by atoms with E-state index < -0.39 is 21.7 Å². The quantitative estimate of drug-likeness (QED) is 0.366. The lowest BCUT2D eigenvalue weighted by molar-refractivity contribution is 0.104. The number of carbonyl (C=O) groups is 1. The predicted octanol–water partition coefficient (Wildman–Crippen LogP) is 1.75. The van der Waals surface area contributed by atoms with Crippen LogP contribution in [-0.2, 0) is 28.2 Å². The minimum Gasteiger partial charge on any atom is -0.434 e. The van der Waals surface area contributed by atoms with Crippen LogP contribution in [0.2, 0.25) is 0 Å². The standard InChI is InChI=1S/C23H30N6O6S/c1-5-7-17-19-20(28(4)26-17)22(30)25-21(24-19)16-14-15(8-9-18(16)35-23(31)34-6-2)36(32,33)29-12-10-27(3)11-13-29/h8-9,14H,5-7,10-13H2,1-4H3,(H,24,25,30). The highest BCUT2D eigenvalue weighted by Gasteiger charge is 2.29. The Balaban J connectivity index is 1.86. The molecule has 2 aromatic heterocycles. The summed E-state index contributed by atoms with van der Waals surface area (Å²) in [6.07, 6.45) is 0.452. The lowest BCUT2D eigenvalue weighted by atomic mass is 10.1. The summed E-state index contributed by atoms with van der Waals surface area (Å²) in [4.78, 5) is 34.5. The molecule has 1 aliphatic heterocycles. The summed E-state index contributed by atoms with van der Waals surface area (Å²) in [5.74, 6) is 0.0711. The van der Waals surface area contributed by atoms with Gasteiger partial charge in [0.05, 0.1) is 22.8 Å². The van der Waals surface area contributed by atoms with Crippen molar-refractivity contribution in [3.8, 4) is 17.1 Å². The number of fused-ring (bicyclic) bond motifs is 1. The molecule has 0 unspecified atom stereocenters. The molecule has 4 rings (SSSR count). The van der Waals surface area contributed by atoms with Crippen molar-refractivity contribution in [1.82, 2.24) is 29.0 Å². The van der Waals surface area contributed by atoms with Crippen LogP contribution in [0.5, 0.6) is 5.75 Å². The lowest BCUT2D eigenvalue weighted by Crippen LogP contribution is -2.47. The van der Waals surface area contributed by atoms with E-state index >= 15 is 0 Å². The summed E-state index contributed by atoms with van der Waals surface area (Å²) >= 11 is 0. The maximum absolute atomic E-state index is 13.4. The molecule has 3 aromatic rings. The molecule has 13 heteroatoms. The zero-order valence-electron chi connectivity index (χ0n) is 20.8. The summed E-state index contributed by atoms with van der Waals surface area (Å²) in [6.45, 7) is 5.66. The second kappa shape index (κ2) is 10.4. The highest BCUT2D eigenvalue weighted by molar-refractivity contribution is 7.89. The van der Waals surface area contributed by atoms with Crippen LogP contribution in [0.3, 0.4) is 0 Å². The number of hydrogen-bond acceptors (Lipinski definition) is 9. The van der Waals surface area contributed by atoms with Crippen LogP contribution in [0, 0.1) is 0 Å². The number of hydrogen-bond donors (Lipinski definition) is 1. The van der Waals surface area contributed by atoms with E-state index in [9.17, 15) is 18.0 Å². The molecule has 3 heterocycles. The summed E-state index contributed by atoms with van der Waals surface area (Å²) in [7, 11) is -0.237. The van der Waals surface area contributed by atoms with Crippen molar-refractivity contribution in [2.75, 3.05) is 39.8 Å². The first kappa shape index (κ1) is 25.8. The number of sulfonamides is 1. The number of piperazine rings is 1. The van der Waals surface area contributed by atoms with Crippen molar-refractivity contribution in [3.05, 3.63) is 34.2 Å². The maximum Gasteiger partial charge on any atom is 0.513 e. The first-order valence-electron chi connectivity index (χ1n) is 11.8. The Morgan fingerprint density at radius 2 is 1.86 bits per heavy atom. The van der Waals surface area contributed by atoms with Gasteiger partial charge in [0.2, 0.25) is 10.0 Å². The van der Waals surface area contributed by atoms with E-state index in [-0.39, 0.29) is 28.6 Å². The summed E-state index contributed by atoms with van der Waals surface area (Å²) < 4.78 is 39.9. The first-order valence-corrected chi connectivity index (χ1v) is 13.2. The third-order valence-electron chi connectivity index (χ3n) is 6.01. The van der Waals surface area contributed by atoms with Crippen LogP contribution in [0.1, 0.15) is 26.0 Å². The third-order valence-corrected chi connectivity index (χ3v) is 7.91. The average Bonchev–Trinajstić information content (AvgIpc) is 3.15. The van der Waals surface area contributed by atoms with Gasteiger partial charge in [-0.3, -0.25) is 9.48 Å². The Morgan fingerprint density at radius 3 is 2.53 bits per heavy atom. The molecule has 36 heavy (non-hydrogen) atoms. The number of aromatic amines is 1. The molecule has 1 aliphatic rings. The monoisotopic (exact) mass is 518 g/mol. The van der Waals surface area contributed by atoms with Crippen molar-refractivity contribution >= 4 is 27.2 Å². The van der Waals surface area contributed by atoms with Gasteiger partial charge in [-0.2, -0.15) is 9.40 Å². The highest BCUT2D eigenvalue weighted by Crippen LogP contribution is 2.32. The number of benzene rings is 1. The largest absolute Gasteiger partial charge is 0.513 e. The Hall–Kier alpha value is -3.29. The van der Waals surface area contributed by atoms with Crippen molar-refractivity contribution in [2.24, 2.45) is 7.05 Å². The predicted molar refractivity (Wildman–Crippen MR) is 132 cm³/mol. The molecule has 12 nitrogen and oxygen atoms in total. The van der Waals surface area contributed by atoms with Gasteiger partial charge >= 0.3 is 6.16 Å². The summed E-state index contributed by atoms with van der Waals surface area (Å²) in [5.41, 5.74) is 1.06. The molecule has 0 atom stereocenters. The van der Waals surface area contributed by atoms with Crippen molar-refractivity contribution in [1.29, 1.82) is 0 Å². The molecule has 0 saturated carbocycles. The van der Waals surface area contributed by atoms with Crippen LogP contribution in [0.4, 0.5) is 4.79 Å². The topological polar surface area (TPSA) is 140 Å². The molecular formula is C23H30N6O6S. The van der Waals surface area contributed by atoms with Crippen LogP contribution in [0.15, 0.2) is 27.9 Å². The summed E-state index contributed by atoms with van der Waals surface area (Å²) in [5, 5.41) is 4.42. The fourth-order valence-electron chi connectivity index (χ4n) is 4.14. The van der Waals surface area contributed by atoms with Crippen LogP contribution in [0.25, 0.3) is 22.4 Å². The number of aromatic nitrogens is 4. The van der Waals surface area contributed by atoms with E-state index in [1.165, 1.54) is 27.2 Å². The van der Waals surface area contributed by atoms with Gasteiger partial charge in [-0.1, -0.05) is 13.3 Å². The van der Waals surface area contributed by atoms with Crippen LogP contribution < -0.4 is 10.3 Å². The number of rotatable bonds is 7. The van der Waals surface area contributed by atoms with Gasteiger partial charge in [-0.15, -0.1) is 0 Å². The zero-order valence-corrected chi connectivity index (χ0v) is 21.6. The number of H-pyrrole nitrogens is 1. The molecule has 194 valence electrons. The zero-order chi connectivity index (χ0) is 26.0. The molecule has 1 fully saturated rings. The normalized spacial score (nSPS) is 15.3. The molecule has 0 bridgehead atoms. The first-order chi connectivity index (χ1) is 17.1. The SMILES string of the molecule is CCCc1nn(C)c2c(=O)[nH]c(-c3cc(S(=O)(=O)N4CCN(C)CC4)ccc3OC(=O)OCC)nc12. The molecule has 1 aromatic carbocycles. The molecular weight excluding hydrogens is 488 g/mol. The van der Waals surface area contributed by atoms with Crippen molar-refractivity contribution in [3.63, 3.8) is 0 Å². The maximum atomic E-state index is 13.4. The van der Waals surface area contributed by atoms with E-state index in [0.717, 1.165) is 6.42 Å². The van der Waals surface area contributed by atoms with Gasteiger partial charge in [-0.25, -0.2) is 18.2 Å². The third kappa shape index (κ3) is 4.99. The van der Waals surface area contributed by atoms with E-state index in [0.29, 0.717) is 49.3 Å². The van der Waals surface area contributed by atoms with Gasteiger partial charge in [0.1, 0.15) is 17.1 Å². The summed E-state index contributed by atoms with van der Waals surface area (Å²) in [6, 6.07) is 4.10. The fraction of sp³-hybridized carbons (Fsp3) is 0.478. The molecule has 1 saturated heterocycles.